The van der Waals surface area contributed by atoms with E-state index < -0.39 is 0 Å². The molecule has 39 heavy (non-hydrogen) atoms. The third-order valence-electron chi connectivity index (χ3n) is 8.00. The minimum absolute atomic E-state index is 0.0871. The lowest BCUT2D eigenvalue weighted by atomic mass is 9.81. The van der Waals surface area contributed by atoms with Crippen LogP contribution >= 0.6 is 0 Å². The van der Waals surface area contributed by atoms with Crippen LogP contribution in [0.2, 0.25) is 0 Å². The molecule has 0 saturated carbocycles. The van der Waals surface area contributed by atoms with Crippen LogP contribution in [0.25, 0.3) is 16.7 Å². The first-order valence-corrected chi connectivity index (χ1v) is 13.4. The summed E-state index contributed by atoms with van der Waals surface area (Å²) in [6.45, 7) is 14.0. The Kier molecular flexibility index (Phi) is 6.96. The fourth-order valence-electron chi connectivity index (χ4n) is 6.11. The fraction of sp³-hybridized carbons (Fsp3) is 0.265. The van der Waals surface area contributed by atoms with Crippen molar-refractivity contribution in [3.8, 4) is 22.6 Å². The third-order valence-corrected chi connectivity index (χ3v) is 8.00. The zero-order valence-electron chi connectivity index (χ0n) is 23.5. The molecule has 2 aliphatic heterocycles. The number of methoxy groups -OCH3 is 1. The number of fused-ring (bicyclic) bond motifs is 5. The van der Waals surface area contributed by atoms with E-state index >= 15 is 0 Å². The average molecular weight is 522 g/mol. The molecule has 1 amide bonds. The summed E-state index contributed by atoms with van der Waals surface area (Å²) in [5, 5.41) is 3.12. The van der Waals surface area contributed by atoms with Gasteiger partial charge < -0.3 is 14.8 Å². The predicted molar refractivity (Wildman–Crippen MR) is 160 cm³/mol. The Hall–Kier alpha value is -4.09. The van der Waals surface area contributed by atoms with E-state index in [4.69, 9.17) is 9.47 Å². The fourth-order valence-corrected chi connectivity index (χ4v) is 6.11. The number of allylic oxidation sites excluding steroid dienone is 1. The van der Waals surface area contributed by atoms with Crippen molar-refractivity contribution in [2.24, 2.45) is 0 Å². The van der Waals surface area contributed by atoms with Gasteiger partial charge in [0.25, 0.3) is 5.91 Å². The number of benzene rings is 3. The Labute approximate surface area is 231 Å². The first kappa shape index (κ1) is 26.5. The molecule has 2 heterocycles. The van der Waals surface area contributed by atoms with Crippen LogP contribution < -0.4 is 19.3 Å². The molecule has 0 aliphatic carbocycles. The van der Waals surface area contributed by atoms with Gasteiger partial charge in [0.1, 0.15) is 35.9 Å². The van der Waals surface area contributed by atoms with E-state index in [1.807, 2.05) is 61.5 Å². The van der Waals surface area contributed by atoms with Gasteiger partial charge in [-0.3, -0.25) is 9.28 Å². The molecule has 3 aromatic carbocycles. The quantitative estimate of drug-likeness (QED) is 0.263. The summed E-state index contributed by atoms with van der Waals surface area (Å²) in [4.78, 5) is 12.8. The summed E-state index contributed by atoms with van der Waals surface area (Å²) in [5.74, 6) is 1.56. The van der Waals surface area contributed by atoms with Crippen molar-refractivity contribution in [2.45, 2.75) is 45.9 Å². The van der Waals surface area contributed by atoms with Crippen LogP contribution in [-0.2, 0) is 6.61 Å². The highest BCUT2D eigenvalue weighted by Crippen LogP contribution is 2.52. The zero-order valence-corrected chi connectivity index (χ0v) is 23.5. The lowest BCUT2D eigenvalue weighted by Crippen LogP contribution is -2.60. The molecule has 200 valence electrons. The van der Waals surface area contributed by atoms with E-state index in [9.17, 15) is 4.79 Å². The Morgan fingerprint density at radius 1 is 1.13 bits per heavy atom. The van der Waals surface area contributed by atoms with Gasteiger partial charge in [-0.15, -0.1) is 0 Å². The smallest absolute Gasteiger partial charge is 0.251 e. The van der Waals surface area contributed by atoms with Crippen molar-refractivity contribution in [1.29, 1.82) is 0 Å². The van der Waals surface area contributed by atoms with Gasteiger partial charge in [-0.25, -0.2) is 0 Å². The number of hydrogen-bond acceptors (Lipinski definition) is 3. The number of quaternary nitrogens is 1. The molecule has 2 aliphatic rings. The number of nitrogens with one attached hydrogen (secondary N) is 1. The largest absolute Gasteiger partial charge is 0.496 e. The minimum Gasteiger partial charge on any atom is -0.496 e. The van der Waals surface area contributed by atoms with Crippen molar-refractivity contribution in [2.75, 3.05) is 13.7 Å². The van der Waals surface area contributed by atoms with Gasteiger partial charge >= 0.3 is 0 Å². The number of carbonyl (C=O) groups is 1. The molecule has 5 nitrogen and oxygen atoms in total. The van der Waals surface area contributed by atoms with Crippen molar-refractivity contribution >= 4 is 17.2 Å². The first-order valence-electron chi connectivity index (χ1n) is 13.4. The molecule has 0 aromatic heterocycles. The molecule has 0 bridgehead atoms. The lowest BCUT2D eigenvalue weighted by Gasteiger charge is -2.49. The molecule has 0 spiro atoms. The molecule has 1 N–H and O–H groups in total. The van der Waals surface area contributed by atoms with Crippen molar-refractivity contribution in [1.82, 2.24) is 9.80 Å². The van der Waals surface area contributed by atoms with Crippen LogP contribution in [0.1, 0.15) is 49.2 Å². The van der Waals surface area contributed by atoms with Crippen LogP contribution in [0.4, 0.5) is 5.69 Å². The highest BCUT2D eigenvalue weighted by molar-refractivity contribution is 5.94. The minimum atomic E-state index is -0.260. The Morgan fingerprint density at radius 3 is 2.62 bits per heavy atom. The summed E-state index contributed by atoms with van der Waals surface area (Å²) >= 11 is 0. The number of amides is 1. The first-order chi connectivity index (χ1) is 18.7. The monoisotopic (exact) mass is 521 g/mol. The Balaban J connectivity index is 1.61. The maximum absolute atomic E-state index is 12.8. The number of hydrogen-bond donors (Lipinski definition) is 1. The van der Waals surface area contributed by atoms with Crippen LogP contribution in [0, 0.1) is 0 Å². The SMILES string of the molecule is C=CC[N+]1(C=CC(C)NC(=O)c2ccccc2)c2ccc3c(c2C(C)=CC1(C)C)COc1cccc(OC)c1-3. The van der Waals surface area contributed by atoms with Crippen LogP contribution in [0.3, 0.4) is 0 Å². The Bertz CT molecular complexity index is 1470. The molecule has 0 fully saturated rings. The molecular weight excluding hydrogens is 484 g/mol. The van der Waals surface area contributed by atoms with Crippen molar-refractivity contribution < 1.29 is 14.3 Å². The molecule has 0 saturated heterocycles. The predicted octanol–water partition coefficient (Wildman–Crippen LogP) is 7.28. The molecule has 3 aromatic rings. The van der Waals surface area contributed by atoms with E-state index in [1.54, 1.807) is 7.11 Å². The van der Waals surface area contributed by atoms with Crippen LogP contribution in [0.15, 0.2) is 91.7 Å². The third kappa shape index (κ3) is 4.47. The van der Waals surface area contributed by atoms with Gasteiger partial charge in [0.15, 0.2) is 0 Å². The number of carbonyl (C=O) groups excluding carboxylic acids is 1. The van der Waals surface area contributed by atoms with Crippen LogP contribution in [0.5, 0.6) is 11.5 Å². The van der Waals surface area contributed by atoms with Crippen molar-refractivity contribution in [3.05, 3.63) is 108 Å². The maximum Gasteiger partial charge on any atom is 0.251 e. The molecular formula is C34H37N2O3+. The topological polar surface area (TPSA) is 47.6 Å². The van der Waals surface area contributed by atoms with Crippen molar-refractivity contribution in [3.63, 3.8) is 0 Å². The second-order valence-electron chi connectivity index (χ2n) is 10.9. The molecule has 5 heteroatoms. The highest BCUT2D eigenvalue weighted by atomic mass is 16.5. The molecule has 5 rings (SSSR count). The van der Waals surface area contributed by atoms with Gasteiger partial charge in [-0.05, 0) is 87.4 Å². The summed E-state index contributed by atoms with van der Waals surface area (Å²) in [5.41, 5.74) is 7.32. The number of nitrogens with zero attached hydrogens (tertiary/aromatic N) is 1. The second-order valence-corrected chi connectivity index (χ2v) is 10.9. The van der Waals surface area contributed by atoms with E-state index in [0.29, 0.717) is 23.2 Å². The number of rotatable bonds is 7. The van der Waals surface area contributed by atoms with Gasteiger partial charge in [-0.1, -0.05) is 30.8 Å². The summed E-state index contributed by atoms with van der Waals surface area (Å²) < 4.78 is 12.5. The summed E-state index contributed by atoms with van der Waals surface area (Å²) in [7, 11) is 1.70. The summed E-state index contributed by atoms with van der Waals surface area (Å²) in [6.07, 6.45) is 8.66. The van der Waals surface area contributed by atoms with E-state index in [-0.39, 0.29) is 17.5 Å². The van der Waals surface area contributed by atoms with Gasteiger partial charge in [0.05, 0.1) is 18.9 Å². The zero-order chi connectivity index (χ0) is 27.8. The average Bonchev–Trinajstić information content (AvgIpc) is 2.93. The highest BCUT2D eigenvalue weighted by Gasteiger charge is 2.48. The standard InChI is InChI=1S/C34H36N2O3/c1-7-19-36(20-18-24(3)35-33(37)25-12-9-8-10-13-25)28-17-16-26-27(31(28)23(2)21-34(36,4)5)22-39-30-15-11-14-29(38-6)32(26)30/h7-18,20-21,24H,1,19,22H2,2-6H3/p+1. The van der Waals surface area contributed by atoms with Gasteiger partial charge in [0, 0.05) is 28.8 Å². The van der Waals surface area contributed by atoms with E-state index in [1.165, 1.54) is 22.4 Å². The van der Waals surface area contributed by atoms with Gasteiger partial charge in [-0.2, -0.15) is 0 Å². The van der Waals surface area contributed by atoms with Gasteiger partial charge in [0.2, 0.25) is 0 Å². The van der Waals surface area contributed by atoms with Crippen LogP contribution in [-0.4, -0.2) is 31.1 Å². The van der Waals surface area contributed by atoms with E-state index in [2.05, 4.69) is 63.2 Å². The normalized spacial score (nSPS) is 19.6. The number of ether oxygens (including phenoxy) is 2. The molecule has 2 atom stereocenters. The molecule has 0 radical (unpaired) electrons. The second kappa shape index (κ2) is 10.2. The maximum atomic E-state index is 12.8. The Morgan fingerprint density at radius 2 is 1.90 bits per heavy atom. The summed E-state index contributed by atoms with van der Waals surface area (Å²) in [6, 6.07) is 19.5. The molecule has 2 unspecified atom stereocenters. The lowest BCUT2D eigenvalue weighted by molar-refractivity contribution is 0.0946. The van der Waals surface area contributed by atoms with E-state index in [0.717, 1.165) is 22.6 Å².